The van der Waals surface area contributed by atoms with Gasteiger partial charge < -0.3 is 9.30 Å². The van der Waals surface area contributed by atoms with Crippen LogP contribution in [0.3, 0.4) is 0 Å². The van der Waals surface area contributed by atoms with Crippen molar-refractivity contribution in [2.75, 3.05) is 0 Å². The van der Waals surface area contributed by atoms with Crippen LogP contribution < -0.4 is 9.46 Å². The Morgan fingerprint density at radius 3 is 2.41 bits per heavy atom. The first-order valence-electron chi connectivity index (χ1n) is 12.3. The zero-order chi connectivity index (χ0) is 27.6. The fourth-order valence-electron chi connectivity index (χ4n) is 4.20. The van der Waals surface area contributed by atoms with Crippen molar-refractivity contribution in [3.63, 3.8) is 0 Å². The third-order valence-corrected chi connectivity index (χ3v) is 8.05. The molecule has 0 radical (unpaired) electrons. The molecule has 0 aliphatic heterocycles. The van der Waals surface area contributed by atoms with E-state index >= 15 is 0 Å². The SMILES string of the molecule is Cc1ccc(S(=O)(=O)NC(=O)c2ccc3nc(C)n(Cc4ccc(COc5ccccc5)cc4Cl)c3c2)cc1. The van der Waals surface area contributed by atoms with E-state index in [1.807, 2.05) is 66.9 Å². The Hall–Kier alpha value is -4.14. The molecule has 0 atom stereocenters. The average molecular weight is 560 g/mol. The van der Waals surface area contributed by atoms with Gasteiger partial charge >= 0.3 is 0 Å². The molecular weight excluding hydrogens is 534 g/mol. The molecule has 0 aliphatic rings. The van der Waals surface area contributed by atoms with E-state index < -0.39 is 15.9 Å². The van der Waals surface area contributed by atoms with Gasteiger partial charge in [-0.25, -0.2) is 18.1 Å². The van der Waals surface area contributed by atoms with Crippen LogP contribution in [0.5, 0.6) is 5.75 Å². The van der Waals surface area contributed by atoms with Crippen LogP contribution in [0.2, 0.25) is 5.02 Å². The highest BCUT2D eigenvalue weighted by atomic mass is 35.5. The molecule has 39 heavy (non-hydrogen) atoms. The first-order chi connectivity index (χ1) is 18.7. The van der Waals surface area contributed by atoms with Crippen molar-refractivity contribution in [2.24, 2.45) is 0 Å². The lowest BCUT2D eigenvalue weighted by Gasteiger charge is -2.12. The molecule has 1 heterocycles. The largest absolute Gasteiger partial charge is 0.489 e. The molecule has 1 aromatic heterocycles. The lowest BCUT2D eigenvalue weighted by atomic mass is 10.1. The summed E-state index contributed by atoms with van der Waals surface area (Å²) in [6, 6.07) is 26.6. The Labute approximate surface area is 232 Å². The minimum atomic E-state index is -4.01. The fraction of sp³-hybridized carbons (Fsp3) is 0.133. The number of nitrogens with one attached hydrogen (secondary N) is 1. The zero-order valence-corrected chi connectivity index (χ0v) is 23.0. The summed E-state index contributed by atoms with van der Waals surface area (Å²) in [4.78, 5) is 17.5. The van der Waals surface area contributed by atoms with E-state index in [0.717, 1.165) is 28.3 Å². The van der Waals surface area contributed by atoms with Gasteiger partial charge in [0.1, 0.15) is 18.2 Å². The Balaban J connectivity index is 1.36. The molecule has 1 amide bonds. The molecule has 5 aromatic rings. The van der Waals surface area contributed by atoms with Gasteiger partial charge in [-0.2, -0.15) is 0 Å². The molecule has 0 saturated carbocycles. The molecule has 0 unspecified atom stereocenters. The molecule has 0 saturated heterocycles. The number of aryl methyl sites for hydroxylation is 2. The van der Waals surface area contributed by atoms with Gasteiger partial charge in [-0.15, -0.1) is 0 Å². The van der Waals surface area contributed by atoms with Crippen molar-refractivity contribution in [1.29, 1.82) is 0 Å². The van der Waals surface area contributed by atoms with Gasteiger partial charge in [-0.05, 0) is 73.5 Å². The number of amides is 1. The van der Waals surface area contributed by atoms with E-state index in [0.29, 0.717) is 29.2 Å². The fourth-order valence-corrected chi connectivity index (χ4v) is 5.44. The van der Waals surface area contributed by atoms with Crippen LogP contribution in [0.4, 0.5) is 0 Å². The van der Waals surface area contributed by atoms with E-state index in [2.05, 4.69) is 9.71 Å². The molecule has 4 aromatic carbocycles. The number of para-hydroxylation sites is 1. The van der Waals surface area contributed by atoms with Crippen LogP contribution in [-0.4, -0.2) is 23.9 Å². The standard InChI is InChI=1S/C30H26ClN3O4S/c1-20-8-13-26(14-9-20)39(36,37)33-30(35)23-12-15-28-29(17-23)34(21(2)32-28)18-24-11-10-22(16-27(24)31)19-38-25-6-4-3-5-7-25/h3-17H,18-19H2,1-2H3,(H,33,35). The van der Waals surface area contributed by atoms with Crippen LogP contribution in [0.25, 0.3) is 11.0 Å². The van der Waals surface area contributed by atoms with Crippen molar-refractivity contribution >= 4 is 38.6 Å². The summed E-state index contributed by atoms with van der Waals surface area (Å²) in [5.74, 6) is 0.802. The highest BCUT2D eigenvalue weighted by molar-refractivity contribution is 7.90. The van der Waals surface area contributed by atoms with Crippen molar-refractivity contribution in [2.45, 2.75) is 31.9 Å². The number of halogens is 1. The Kier molecular flexibility index (Phi) is 7.41. The Bertz CT molecular complexity index is 1770. The summed E-state index contributed by atoms with van der Waals surface area (Å²) in [6.07, 6.45) is 0. The lowest BCUT2D eigenvalue weighted by molar-refractivity contribution is 0.0981. The average Bonchev–Trinajstić information content (AvgIpc) is 3.23. The topological polar surface area (TPSA) is 90.3 Å². The maximum absolute atomic E-state index is 12.9. The quantitative estimate of drug-likeness (QED) is 0.250. The second-order valence-electron chi connectivity index (χ2n) is 9.22. The molecule has 7 nitrogen and oxygen atoms in total. The number of benzene rings is 4. The molecule has 0 bridgehead atoms. The predicted molar refractivity (Wildman–Crippen MR) is 152 cm³/mol. The molecule has 1 N–H and O–H groups in total. The second-order valence-corrected chi connectivity index (χ2v) is 11.3. The number of carbonyl (C=O) groups excluding carboxylic acids is 1. The molecule has 0 spiro atoms. The lowest BCUT2D eigenvalue weighted by Crippen LogP contribution is -2.30. The van der Waals surface area contributed by atoms with E-state index in [-0.39, 0.29) is 10.5 Å². The monoisotopic (exact) mass is 559 g/mol. The molecule has 5 rings (SSSR count). The third-order valence-electron chi connectivity index (χ3n) is 6.35. The molecule has 198 valence electrons. The summed E-state index contributed by atoms with van der Waals surface area (Å²) >= 11 is 6.63. The van der Waals surface area contributed by atoms with Gasteiger partial charge in [0.05, 0.1) is 22.5 Å². The summed E-state index contributed by atoms with van der Waals surface area (Å²) in [5, 5.41) is 0.587. The van der Waals surface area contributed by atoms with Crippen LogP contribution in [0.1, 0.15) is 32.9 Å². The number of nitrogens with zero attached hydrogens (tertiary/aromatic N) is 2. The number of imidazole rings is 1. The Morgan fingerprint density at radius 2 is 1.69 bits per heavy atom. The highest BCUT2D eigenvalue weighted by Gasteiger charge is 2.20. The summed E-state index contributed by atoms with van der Waals surface area (Å²) in [5.41, 5.74) is 4.33. The number of hydrogen-bond acceptors (Lipinski definition) is 5. The maximum atomic E-state index is 12.9. The van der Waals surface area contributed by atoms with Crippen LogP contribution in [0, 0.1) is 13.8 Å². The maximum Gasteiger partial charge on any atom is 0.265 e. The molecular formula is C30H26ClN3O4S. The van der Waals surface area contributed by atoms with E-state index in [1.54, 1.807) is 30.3 Å². The number of fused-ring (bicyclic) bond motifs is 1. The van der Waals surface area contributed by atoms with Gasteiger partial charge in [-0.3, -0.25) is 4.79 Å². The number of sulfonamides is 1. The van der Waals surface area contributed by atoms with Crippen molar-refractivity contribution in [3.05, 3.63) is 124 Å². The normalized spacial score (nSPS) is 11.5. The predicted octanol–water partition coefficient (Wildman–Crippen LogP) is 6.05. The van der Waals surface area contributed by atoms with E-state index in [9.17, 15) is 13.2 Å². The van der Waals surface area contributed by atoms with Crippen LogP contribution in [0.15, 0.2) is 95.9 Å². The van der Waals surface area contributed by atoms with Gasteiger partial charge in [0.15, 0.2) is 0 Å². The first kappa shape index (κ1) is 26.5. The second kappa shape index (κ2) is 10.9. The van der Waals surface area contributed by atoms with E-state index in [4.69, 9.17) is 16.3 Å². The number of hydrogen-bond donors (Lipinski definition) is 1. The van der Waals surface area contributed by atoms with Gasteiger partial charge in [0, 0.05) is 10.6 Å². The van der Waals surface area contributed by atoms with Crippen LogP contribution >= 0.6 is 11.6 Å². The summed E-state index contributed by atoms with van der Waals surface area (Å²) in [6.45, 7) is 4.55. The van der Waals surface area contributed by atoms with Crippen LogP contribution in [-0.2, 0) is 23.2 Å². The molecule has 9 heteroatoms. The zero-order valence-electron chi connectivity index (χ0n) is 21.4. The van der Waals surface area contributed by atoms with Gasteiger partial charge in [0.25, 0.3) is 15.9 Å². The number of aromatic nitrogens is 2. The third kappa shape index (κ3) is 5.97. The molecule has 0 aliphatic carbocycles. The minimum absolute atomic E-state index is 0.0238. The minimum Gasteiger partial charge on any atom is -0.489 e. The summed E-state index contributed by atoms with van der Waals surface area (Å²) in [7, 11) is -4.01. The molecule has 0 fully saturated rings. The van der Waals surface area contributed by atoms with Crippen molar-refractivity contribution in [1.82, 2.24) is 14.3 Å². The summed E-state index contributed by atoms with van der Waals surface area (Å²) < 4.78 is 35.4. The van der Waals surface area contributed by atoms with Gasteiger partial charge in [0.2, 0.25) is 0 Å². The first-order valence-corrected chi connectivity index (χ1v) is 14.1. The Morgan fingerprint density at radius 1 is 0.949 bits per heavy atom. The smallest absolute Gasteiger partial charge is 0.265 e. The van der Waals surface area contributed by atoms with Gasteiger partial charge in [-0.1, -0.05) is 59.6 Å². The highest BCUT2D eigenvalue weighted by Crippen LogP contribution is 2.25. The number of rotatable bonds is 8. The van der Waals surface area contributed by atoms with Crippen molar-refractivity contribution < 1.29 is 17.9 Å². The number of carbonyl (C=O) groups is 1. The number of ether oxygens (including phenoxy) is 1. The van der Waals surface area contributed by atoms with E-state index in [1.165, 1.54) is 12.1 Å². The van der Waals surface area contributed by atoms with Crippen molar-refractivity contribution in [3.8, 4) is 5.75 Å².